The van der Waals surface area contributed by atoms with E-state index in [-0.39, 0.29) is 0 Å². The van der Waals surface area contributed by atoms with Crippen LogP contribution in [0.15, 0.2) is 30.3 Å². The van der Waals surface area contributed by atoms with Crippen LogP contribution in [0.2, 0.25) is 0 Å². The van der Waals surface area contributed by atoms with E-state index in [0.717, 1.165) is 39.9 Å². The predicted octanol–water partition coefficient (Wildman–Crippen LogP) is 4.10. The van der Waals surface area contributed by atoms with Gasteiger partial charge in [-0.2, -0.15) is 0 Å². The molecule has 98 valence electrons. The van der Waals surface area contributed by atoms with Crippen LogP contribution in [0, 0.1) is 20.8 Å². The second-order valence-corrected chi connectivity index (χ2v) is 4.84. The number of hydrogen-bond donors (Lipinski definition) is 0. The van der Waals surface area contributed by atoms with Crippen LogP contribution in [0.25, 0.3) is 11.1 Å². The molecule has 0 spiro atoms. The van der Waals surface area contributed by atoms with Crippen LogP contribution in [-0.2, 0) is 0 Å². The van der Waals surface area contributed by atoms with Crippen molar-refractivity contribution >= 4 is 6.29 Å². The van der Waals surface area contributed by atoms with Gasteiger partial charge in [-0.3, -0.25) is 4.79 Å². The molecule has 0 unspecified atom stereocenters. The zero-order valence-corrected chi connectivity index (χ0v) is 11.8. The monoisotopic (exact) mass is 254 g/mol. The number of ether oxygens (including phenoxy) is 1. The fraction of sp³-hybridized carbons (Fsp3) is 0.235. The van der Waals surface area contributed by atoms with E-state index >= 15 is 0 Å². The Hall–Kier alpha value is -2.09. The first-order chi connectivity index (χ1) is 9.06. The molecule has 2 aromatic rings. The van der Waals surface area contributed by atoms with Crippen LogP contribution >= 0.6 is 0 Å². The quantitative estimate of drug-likeness (QED) is 0.771. The van der Waals surface area contributed by atoms with E-state index in [1.807, 2.05) is 39.0 Å². The molecule has 0 fully saturated rings. The molecule has 0 radical (unpaired) electrons. The van der Waals surface area contributed by atoms with Crippen molar-refractivity contribution in [2.24, 2.45) is 0 Å². The Morgan fingerprint density at radius 3 is 2.05 bits per heavy atom. The summed E-state index contributed by atoms with van der Waals surface area (Å²) in [5.74, 6) is 0.936. The molecule has 0 saturated heterocycles. The van der Waals surface area contributed by atoms with E-state index in [1.54, 1.807) is 7.11 Å². The average Bonchev–Trinajstić information content (AvgIpc) is 2.38. The summed E-state index contributed by atoms with van der Waals surface area (Å²) < 4.78 is 5.39. The molecule has 0 N–H and O–H groups in total. The van der Waals surface area contributed by atoms with Crippen molar-refractivity contribution in [2.45, 2.75) is 20.8 Å². The van der Waals surface area contributed by atoms with Crippen molar-refractivity contribution in [1.29, 1.82) is 0 Å². The van der Waals surface area contributed by atoms with Gasteiger partial charge in [0.25, 0.3) is 0 Å². The third-order valence-corrected chi connectivity index (χ3v) is 3.36. The van der Waals surface area contributed by atoms with Crippen LogP contribution < -0.4 is 4.74 Å². The lowest BCUT2D eigenvalue weighted by Gasteiger charge is -2.13. The number of rotatable bonds is 3. The SMILES string of the molecule is COc1c(C)cc(-c2ccc(C=O)cc2C)cc1C. The number of methoxy groups -OCH3 is 1. The molecule has 2 aromatic carbocycles. The highest BCUT2D eigenvalue weighted by atomic mass is 16.5. The summed E-state index contributed by atoms with van der Waals surface area (Å²) in [6, 6.07) is 10.0. The summed E-state index contributed by atoms with van der Waals surface area (Å²) in [7, 11) is 1.69. The van der Waals surface area contributed by atoms with Gasteiger partial charge in [0.1, 0.15) is 12.0 Å². The normalized spacial score (nSPS) is 10.3. The highest BCUT2D eigenvalue weighted by Crippen LogP contribution is 2.31. The van der Waals surface area contributed by atoms with E-state index in [2.05, 4.69) is 12.1 Å². The maximum Gasteiger partial charge on any atom is 0.150 e. The second kappa shape index (κ2) is 5.27. The van der Waals surface area contributed by atoms with Gasteiger partial charge in [0.2, 0.25) is 0 Å². The Kier molecular flexibility index (Phi) is 3.70. The summed E-state index contributed by atoms with van der Waals surface area (Å²) in [5.41, 5.74) is 6.37. The van der Waals surface area contributed by atoms with E-state index < -0.39 is 0 Å². The lowest BCUT2D eigenvalue weighted by molar-refractivity contribution is 0.112. The standard InChI is InChI=1S/C17H18O2/c1-11-7-14(10-18)5-6-16(11)15-8-12(2)17(19-4)13(3)9-15/h5-10H,1-4H3. The molecule has 0 aliphatic rings. The minimum atomic E-state index is 0.711. The first-order valence-corrected chi connectivity index (χ1v) is 6.28. The first-order valence-electron chi connectivity index (χ1n) is 6.28. The van der Waals surface area contributed by atoms with Crippen molar-refractivity contribution in [3.05, 3.63) is 52.6 Å². The molecule has 19 heavy (non-hydrogen) atoms. The summed E-state index contributed by atoms with van der Waals surface area (Å²) in [6.45, 7) is 6.12. The zero-order valence-electron chi connectivity index (χ0n) is 11.8. The predicted molar refractivity (Wildman–Crippen MR) is 78.0 cm³/mol. The number of carbonyl (C=O) groups is 1. The number of aryl methyl sites for hydroxylation is 3. The number of aldehydes is 1. The Labute approximate surface area is 114 Å². The van der Waals surface area contributed by atoms with E-state index in [1.165, 1.54) is 0 Å². The average molecular weight is 254 g/mol. The zero-order chi connectivity index (χ0) is 14.0. The molecule has 2 rings (SSSR count). The van der Waals surface area contributed by atoms with Crippen LogP contribution in [0.3, 0.4) is 0 Å². The molecule has 0 aliphatic heterocycles. The van der Waals surface area contributed by atoms with Gasteiger partial charge in [0.15, 0.2) is 0 Å². The summed E-state index contributed by atoms with van der Waals surface area (Å²) in [5, 5.41) is 0. The second-order valence-electron chi connectivity index (χ2n) is 4.84. The molecular formula is C17H18O2. The maximum atomic E-state index is 10.8. The Balaban J connectivity index is 2.56. The number of hydrogen-bond acceptors (Lipinski definition) is 2. The first kappa shape index (κ1) is 13.3. The molecule has 2 nitrogen and oxygen atoms in total. The minimum Gasteiger partial charge on any atom is -0.496 e. The van der Waals surface area contributed by atoms with Crippen LogP contribution in [0.1, 0.15) is 27.0 Å². The largest absolute Gasteiger partial charge is 0.496 e. The molecule has 2 heteroatoms. The molecule has 0 saturated carbocycles. The van der Waals surface area contributed by atoms with Crippen LogP contribution in [0.4, 0.5) is 0 Å². The van der Waals surface area contributed by atoms with Crippen molar-refractivity contribution in [3.8, 4) is 16.9 Å². The third-order valence-electron chi connectivity index (χ3n) is 3.36. The van der Waals surface area contributed by atoms with E-state index in [4.69, 9.17) is 4.74 Å². The van der Waals surface area contributed by atoms with Crippen molar-refractivity contribution in [1.82, 2.24) is 0 Å². The molecule has 0 aliphatic carbocycles. The minimum absolute atomic E-state index is 0.711. The molecule has 0 heterocycles. The molecule has 0 amide bonds. The van der Waals surface area contributed by atoms with Crippen molar-refractivity contribution in [3.63, 3.8) is 0 Å². The Bertz CT molecular complexity index is 604. The highest BCUT2D eigenvalue weighted by Gasteiger charge is 2.08. The summed E-state index contributed by atoms with van der Waals surface area (Å²) >= 11 is 0. The fourth-order valence-electron chi connectivity index (χ4n) is 2.51. The Morgan fingerprint density at radius 1 is 0.947 bits per heavy atom. The van der Waals surface area contributed by atoms with Gasteiger partial charge in [0.05, 0.1) is 7.11 Å². The van der Waals surface area contributed by atoms with Gasteiger partial charge in [-0.15, -0.1) is 0 Å². The Morgan fingerprint density at radius 2 is 1.58 bits per heavy atom. The van der Waals surface area contributed by atoms with Crippen LogP contribution in [-0.4, -0.2) is 13.4 Å². The maximum absolute atomic E-state index is 10.8. The van der Waals surface area contributed by atoms with Gasteiger partial charge < -0.3 is 4.74 Å². The van der Waals surface area contributed by atoms with Gasteiger partial charge >= 0.3 is 0 Å². The van der Waals surface area contributed by atoms with Gasteiger partial charge in [0, 0.05) is 5.56 Å². The van der Waals surface area contributed by atoms with Crippen molar-refractivity contribution in [2.75, 3.05) is 7.11 Å². The van der Waals surface area contributed by atoms with E-state index in [0.29, 0.717) is 5.56 Å². The van der Waals surface area contributed by atoms with Gasteiger partial charge in [-0.1, -0.05) is 12.1 Å². The lowest BCUT2D eigenvalue weighted by Crippen LogP contribution is -1.93. The third kappa shape index (κ3) is 2.53. The fourth-order valence-corrected chi connectivity index (χ4v) is 2.51. The smallest absolute Gasteiger partial charge is 0.150 e. The molecule has 0 bridgehead atoms. The summed E-state index contributed by atoms with van der Waals surface area (Å²) in [6.07, 6.45) is 0.876. The van der Waals surface area contributed by atoms with E-state index in [9.17, 15) is 4.79 Å². The summed E-state index contributed by atoms with van der Waals surface area (Å²) in [4.78, 5) is 10.8. The number of benzene rings is 2. The van der Waals surface area contributed by atoms with Crippen molar-refractivity contribution < 1.29 is 9.53 Å². The molecule has 0 aromatic heterocycles. The highest BCUT2D eigenvalue weighted by molar-refractivity contribution is 5.79. The molecule has 0 atom stereocenters. The topological polar surface area (TPSA) is 26.3 Å². The van der Waals surface area contributed by atoms with Gasteiger partial charge in [-0.05, 0) is 66.8 Å². The van der Waals surface area contributed by atoms with Gasteiger partial charge in [-0.25, -0.2) is 0 Å². The number of carbonyl (C=O) groups excluding carboxylic acids is 1. The lowest BCUT2D eigenvalue weighted by atomic mass is 9.95. The van der Waals surface area contributed by atoms with Crippen LogP contribution in [0.5, 0.6) is 5.75 Å². The molecular weight excluding hydrogens is 236 g/mol.